The fourth-order valence-corrected chi connectivity index (χ4v) is 0.732. The van der Waals surface area contributed by atoms with E-state index in [0.29, 0.717) is 6.42 Å². The third kappa shape index (κ3) is 1.74. The van der Waals surface area contributed by atoms with Gasteiger partial charge in [0.2, 0.25) is 0 Å². The molecule has 0 unspecified atom stereocenters. The van der Waals surface area contributed by atoms with Crippen molar-refractivity contribution in [2.24, 2.45) is 0 Å². The lowest BCUT2D eigenvalue weighted by Crippen LogP contribution is -2.30. The minimum atomic E-state index is 0.592. The molecule has 0 fully saturated rings. The van der Waals surface area contributed by atoms with Gasteiger partial charge in [0.05, 0.1) is 6.07 Å². The van der Waals surface area contributed by atoms with E-state index in [-0.39, 0.29) is 0 Å². The Morgan fingerprint density at radius 2 is 2.67 bits per heavy atom. The van der Waals surface area contributed by atoms with Crippen molar-refractivity contribution in [2.45, 2.75) is 6.42 Å². The zero-order chi connectivity index (χ0) is 6.53. The maximum atomic E-state index is 8.20. The highest BCUT2D eigenvalue weighted by Crippen LogP contribution is 1.92. The van der Waals surface area contributed by atoms with Gasteiger partial charge in [-0.05, 0) is 0 Å². The van der Waals surface area contributed by atoms with Crippen LogP contribution in [0.15, 0.2) is 12.3 Å². The Balaban J connectivity index is 2.09. The van der Waals surface area contributed by atoms with Crippen molar-refractivity contribution in [3.05, 3.63) is 12.3 Å². The largest absolute Gasteiger partial charge is 0.326 e. The molecule has 0 atom stereocenters. The second-order valence-corrected chi connectivity index (χ2v) is 1.89. The summed E-state index contributed by atoms with van der Waals surface area (Å²) >= 11 is 0. The second kappa shape index (κ2) is 3.10. The van der Waals surface area contributed by atoms with Crippen LogP contribution in [0.3, 0.4) is 0 Å². The maximum absolute atomic E-state index is 8.20. The number of hydrogen-bond donors (Lipinski definition) is 1. The molecule has 0 aliphatic carbocycles. The van der Waals surface area contributed by atoms with Crippen LogP contribution >= 0.6 is 0 Å². The Bertz CT molecular complexity index is 137. The van der Waals surface area contributed by atoms with Gasteiger partial charge in [-0.15, -0.1) is 0 Å². The maximum Gasteiger partial charge on any atom is 0.0635 e. The van der Waals surface area contributed by atoms with Gasteiger partial charge in [-0.3, -0.25) is 0 Å². The zero-order valence-corrected chi connectivity index (χ0v) is 5.17. The Kier molecular flexibility index (Phi) is 2.11. The number of hydrazine groups is 1. The lowest BCUT2D eigenvalue weighted by molar-refractivity contribution is 0.273. The van der Waals surface area contributed by atoms with E-state index in [1.807, 2.05) is 17.3 Å². The van der Waals surface area contributed by atoms with E-state index < -0.39 is 0 Å². The smallest absolute Gasteiger partial charge is 0.0635 e. The molecule has 0 aromatic carbocycles. The van der Waals surface area contributed by atoms with E-state index in [1.54, 1.807) is 0 Å². The number of nitriles is 1. The summed E-state index contributed by atoms with van der Waals surface area (Å²) in [5.74, 6) is 0. The lowest BCUT2D eigenvalue weighted by atomic mass is 10.4. The highest BCUT2D eigenvalue weighted by Gasteiger charge is 2.02. The van der Waals surface area contributed by atoms with Crippen molar-refractivity contribution in [1.82, 2.24) is 10.4 Å². The molecule has 48 valence electrons. The number of nitrogens with zero attached hydrogens (tertiary/aromatic N) is 2. The molecular formula is C6H9N3. The van der Waals surface area contributed by atoms with Crippen molar-refractivity contribution in [3.8, 4) is 6.07 Å². The standard InChI is InChI=1S/C6H9N3/c7-3-1-5-9-6-2-4-8-9/h2,4,8H,1,5-6H2. The molecule has 0 amide bonds. The summed E-state index contributed by atoms with van der Waals surface area (Å²) in [6, 6.07) is 2.09. The fraction of sp³-hybridized carbons (Fsp3) is 0.500. The highest BCUT2D eigenvalue weighted by atomic mass is 15.5. The molecule has 1 heterocycles. The Hall–Kier alpha value is -1.01. The first-order valence-corrected chi connectivity index (χ1v) is 2.96. The van der Waals surface area contributed by atoms with Gasteiger partial charge >= 0.3 is 0 Å². The number of nitrogens with one attached hydrogen (secondary N) is 1. The first kappa shape index (κ1) is 6.12. The summed E-state index contributed by atoms with van der Waals surface area (Å²) < 4.78 is 0. The average Bonchev–Trinajstić information content (AvgIpc) is 2.34. The molecule has 0 saturated carbocycles. The minimum absolute atomic E-state index is 0.592. The van der Waals surface area contributed by atoms with Crippen LogP contribution in [0.4, 0.5) is 0 Å². The first-order valence-electron chi connectivity index (χ1n) is 2.96. The fourth-order valence-electron chi connectivity index (χ4n) is 0.732. The van der Waals surface area contributed by atoms with Gasteiger partial charge in [0.1, 0.15) is 0 Å². The molecule has 0 spiro atoms. The van der Waals surface area contributed by atoms with Gasteiger partial charge < -0.3 is 5.43 Å². The predicted octanol–water partition coefficient (Wildman–Crippen LogP) is 0.234. The van der Waals surface area contributed by atoms with Crippen LogP contribution in [0, 0.1) is 11.3 Å². The van der Waals surface area contributed by atoms with Crippen LogP contribution in [-0.4, -0.2) is 18.1 Å². The third-order valence-corrected chi connectivity index (χ3v) is 1.19. The Morgan fingerprint density at radius 1 is 1.78 bits per heavy atom. The molecule has 1 rings (SSSR count). The molecule has 0 bridgehead atoms. The molecule has 9 heavy (non-hydrogen) atoms. The molecule has 3 heteroatoms. The van der Waals surface area contributed by atoms with Crippen LogP contribution in [0.2, 0.25) is 0 Å². The summed E-state index contributed by atoms with van der Waals surface area (Å²) in [6.07, 6.45) is 4.50. The second-order valence-electron chi connectivity index (χ2n) is 1.89. The van der Waals surface area contributed by atoms with Gasteiger partial charge in [0.15, 0.2) is 0 Å². The van der Waals surface area contributed by atoms with E-state index in [1.165, 1.54) is 0 Å². The molecule has 0 aromatic rings. The molecule has 0 saturated heterocycles. The predicted molar refractivity (Wildman–Crippen MR) is 34.1 cm³/mol. The van der Waals surface area contributed by atoms with E-state index in [0.717, 1.165) is 13.1 Å². The topological polar surface area (TPSA) is 39.1 Å². The van der Waals surface area contributed by atoms with Gasteiger partial charge in [-0.25, -0.2) is 5.01 Å². The lowest BCUT2D eigenvalue weighted by Gasteiger charge is -2.12. The average molecular weight is 123 g/mol. The van der Waals surface area contributed by atoms with Crippen molar-refractivity contribution >= 4 is 0 Å². The molecule has 0 aromatic heterocycles. The summed E-state index contributed by atoms with van der Waals surface area (Å²) in [6.45, 7) is 1.73. The van der Waals surface area contributed by atoms with Gasteiger partial charge in [-0.1, -0.05) is 6.08 Å². The quantitative estimate of drug-likeness (QED) is 0.571. The van der Waals surface area contributed by atoms with Crippen LogP contribution < -0.4 is 5.43 Å². The molecule has 1 N–H and O–H groups in total. The van der Waals surface area contributed by atoms with Crippen molar-refractivity contribution in [3.63, 3.8) is 0 Å². The monoisotopic (exact) mass is 123 g/mol. The van der Waals surface area contributed by atoms with Gasteiger partial charge in [-0.2, -0.15) is 5.26 Å². The van der Waals surface area contributed by atoms with E-state index >= 15 is 0 Å². The molecule has 1 aliphatic heterocycles. The van der Waals surface area contributed by atoms with Crippen LogP contribution in [0.25, 0.3) is 0 Å². The minimum Gasteiger partial charge on any atom is -0.326 e. The van der Waals surface area contributed by atoms with Crippen molar-refractivity contribution in [1.29, 1.82) is 5.26 Å². The van der Waals surface area contributed by atoms with Gasteiger partial charge in [0, 0.05) is 25.7 Å². The van der Waals surface area contributed by atoms with Crippen molar-refractivity contribution < 1.29 is 0 Å². The normalized spacial score (nSPS) is 17.2. The Labute approximate surface area is 54.5 Å². The van der Waals surface area contributed by atoms with E-state index in [4.69, 9.17) is 5.26 Å². The number of rotatable bonds is 2. The zero-order valence-electron chi connectivity index (χ0n) is 5.17. The van der Waals surface area contributed by atoms with Gasteiger partial charge in [0.25, 0.3) is 0 Å². The SMILES string of the molecule is N#CCCN1CC=CN1. The third-order valence-electron chi connectivity index (χ3n) is 1.19. The van der Waals surface area contributed by atoms with E-state index in [2.05, 4.69) is 11.5 Å². The molecule has 0 radical (unpaired) electrons. The number of hydrogen-bond acceptors (Lipinski definition) is 3. The Morgan fingerprint density at radius 3 is 3.22 bits per heavy atom. The van der Waals surface area contributed by atoms with Crippen molar-refractivity contribution in [2.75, 3.05) is 13.1 Å². The summed E-state index contributed by atoms with van der Waals surface area (Å²) in [5, 5.41) is 10.2. The van der Waals surface area contributed by atoms with E-state index in [9.17, 15) is 0 Å². The van der Waals surface area contributed by atoms with Crippen LogP contribution in [-0.2, 0) is 0 Å². The highest BCUT2D eigenvalue weighted by molar-refractivity contribution is 4.89. The molecule has 1 aliphatic rings. The summed E-state index contributed by atoms with van der Waals surface area (Å²) in [7, 11) is 0. The molecular weight excluding hydrogens is 114 g/mol. The van der Waals surface area contributed by atoms with Crippen LogP contribution in [0.5, 0.6) is 0 Å². The van der Waals surface area contributed by atoms with Crippen LogP contribution in [0.1, 0.15) is 6.42 Å². The first-order chi connectivity index (χ1) is 4.43. The molecule has 3 nitrogen and oxygen atoms in total. The summed E-state index contributed by atoms with van der Waals surface area (Å²) in [5.41, 5.74) is 2.99. The summed E-state index contributed by atoms with van der Waals surface area (Å²) in [4.78, 5) is 0.